The van der Waals surface area contributed by atoms with Gasteiger partial charge in [0.05, 0.1) is 6.10 Å². The van der Waals surface area contributed by atoms with Gasteiger partial charge in [-0.25, -0.2) is 13.1 Å². The first-order chi connectivity index (χ1) is 10.5. The van der Waals surface area contributed by atoms with E-state index in [1.54, 1.807) is 12.1 Å². The van der Waals surface area contributed by atoms with E-state index in [0.717, 1.165) is 0 Å². The normalized spacial score (nSPS) is 25.4. The van der Waals surface area contributed by atoms with Crippen molar-refractivity contribution in [2.24, 2.45) is 5.92 Å². The van der Waals surface area contributed by atoms with Gasteiger partial charge in [-0.3, -0.25) is 0 Å². The van der Waals surface area contributed by atoms with Gasteiger partial charge >= 0.3 is 0 Å². The molecule has 1 atom stereocenters. The molecule has 7 heteroatoms. The molecule has 22 heavy (non-hydrogen) atoms. The number of fused-ring (bicyclic) bond motifs is 1. The van der Waals surface area contributed by atoms with Gasteiger partial charge in [0.2, 0.25) is 10.0 Å². The van der Waals surface area contributed by atoms with Crippen molar-refractivity contribution in [2.75, 3.05) is 13.2 Å². The zero-order valence-electron chi connectivity index (χ0n) is 12.5. The Morgan fingerprint density at radius 2 is 2.05 bits per heavy atom. The number of nitrogens with one attached hydrogen (secondary N) is 1. The van der Waals surface area contributed by atoms with Crippen LogP contribution in [0, 0.1) is 5.92 Å². The Kier molecular flexibility index (Phi) is 4.29. The van der Waals surface area contributed by atoms with Gasteiger partial charge in [0.1, 0.15) is 18.1 Å². The lowest BCUT2D eigenvalue weighted by atomic mass is 9.77. The van der Waals surface area contributed by atoms with E-state index in [4.69, 9.17) is 9.47 Å². The number of aliphatic hydroxyl groups excluding tert-OH is 1. The van der Waals surface area contributed by atoms with E-state index in [0.29, 0.717) is 38.2 Å². The Labute approximate surface area is 130 Å². The van der Waals surface area contributed by atoms with Crippen LogP contribution in [0.4, 0.5) is 0 Å². The van der Waals surface area contributed by atoms with Crippen LogP contribution in [0.25, 0.3) is 0 Å². The van der Waals surface area contributed by atoms with E-state index < -0.39 is 10.0 Å². The van der Waals surface area contributed by atoms with Gasteiger partial charge in [0, 0.05) is 6.04 Å². The van der Waals surface area contributed by atoms with Gasteiger partial charge in [0.15, 0.2) is 11.5 Å². The molecule has 0 radical (unpaired) electrons. The SMILES string of the molecule is CC[C@H](NS(=O)(=O)c1cccc2c1OCCO2)C1CC(O)C1. The third kappa shape index (κ3) is 2.93. The number of sulfonamides is 1. The monoisotopic (exact) mass is 327 g/mol. The molecular formula is C15H21NO5S. The maximum absolute atomic E-state index is 12.7. The number of benzene rings is 1. The predicted octanol–water partition coefficient (Wildman–Crippen LogP) is 1.29. The molecule has 6 nitrogen and oxygen atoms in total. The minimum absolute atomic E-state index is 0.114. The molecule has 2 aliphatic rings. The predicted molar refractivity (Wildman–Crippen MR) is 80.6 cm³/mol. The van der Waals surface area contributed by atoms with Crippen molar-refractivity contribution in [1.29, 1.82) is 0 Å². The molecule has 3 rings (SSSR count). The molecule has 0 amide bonds. The second-order valence-corrected chi connectivity index (χ2v) is 7.48. The third-order valence-corrected chi connectivity index (χ3v) is 5.80. The highest BCUT2D eigenvalue weighted by molar-refractivity contribution is 7.89. The number of rotatable bonds is 5. The molecule has 1 aromatic rings. The summed E-state index contributed by atoms with van der Waals surface area (Å²) in [7, 11) is -3.69. The summed E-state index contributed by atoms with van der Waals surface area (Å²) in [5, 5.41) is 9.42. The first-order valence-corrected chi connectivity index (χ1v) is 9.08. The topological polar surface area (TPSA) is 84.9 Å². The van der Waals surface area contributed by atoms with Crippen LogP contribution in [0.2, 0.25) is 0 Å². The summed E-state index contributed by atoms with van der Waals surface area (Å²) in [6.45, 7) is 2.70. The molecule has 1 aliphatic heterocycles. The highest BCUT2D eigenvalue weighted by Gasteiger charge is 2.36. The zero-order chi connectivity index (χ0) is 15.7. The maximum atomic E-state index is 12.7. The van der Waals surface area contributed by atoms with Gasteiger partial charge in [0.25, 0.3) is 0 Å². The van der Waals surface area contributed by atoms with Crippen molar-refractivity contribution in [3.05, 3.63) is 18.2 Å². The van der Waals surface area contributed by atoms with E-state index in [1.165, 1.54) is 6.07 Å². The van der Waals surface area contributed by atoms with Gasteiger partial charge < -0.3 is 14.6 Å². The highest BCUT2D eigenvalue weighted by Crippen LogP contribution is 2.37. The highest BCUT2D eigenvalue weighted by atomic mass is 32.2. The molecule has 1 aromatic carbocycles. The Balaban J connectivity index is 1.83. The fourth-order valence-electron chi connectivity index (χ4n) is 2.99. The number of para-hydroxylation sites is 1. The molecule has 0 bridgehead atoms. The van der Waals surface area contributed by atoms with E-state index in [2.05, 4.69) is 4.72 Å². The first-order valence-electron chi connectivity index (χ1n) is 7.60. The van der Waals surface area contributed by atoms with E-state index in [-0.39, 0.29) is 28.7 Å². The fraction of sp³-hybridized carbons (Fsp3) is 0.600. The van der Waals surface area contributed by atoms with Crippen LogP contribution in [-0.4, -0.2) is 38.9 Å². The lowest BCUT2D eigenvalue weighted by molar-refractivity contribution is 0.0277. The quantitative estimate of drug-likeness (QED) is 0.851. The summed E-state index contributed by atoms with van der Waals surface area (Å²) in [5.41, 5.74) is 0. The largest absolute Gasteiger partial charge is 0.486 e. The smallest absolute Gasteiger partial charge is 0.244 e. The van der Waals surface area contributed by atoms with Crippen molar-refractivity contribution >= 4 is 10.0 Å². The Hall–Kier alpha value is -1.31. The molecule has 122 valence electrons. The van der Waals surface area contributed by atoms with Crippen molar-refractivity contribution in [3.8, 4) is 11.5 Å². The summed E-state index contributed by atoms with van der Waals surface area (Å²) in [6.07, 6.45) is 1.68. The van der Waals surface area contributed by atoms with Crippen molar-refractivity contribution in [3.63, 3.8) is 0 Å². The molecule has 1 heterocycles. The standard InChI is InChI=1S/C15H21NO5S/c1-2-12(10-8-11(17)9-10)16-22(18,19)14-5-3-4-13-15(14)21-7-6-20-13/h3-5,10-12,16-17H,2,6-9H2,1H3/t10?,11?,12-/m0/s1. The summed E-state index contributed by atoms with van der Waals surface area (Å²) in [6, 6.07) is 4.70. The fourth-order valence-corrected chi connectivity index (χ4v) is 4.54. The van der Waals surface area contributed by atoms with Crippen LogP contribution in [0.5, 0.6) is 11.5 Å². The number of hydrogen-bond acceptors (Lipinski definition) is 5. The summed E-state index contributed by atoms with van der Waals surface area (Å²) in [4.78, 5) is 0.114. The van der Waals surface area contributed by atoms with Gasteiger partial charge in [-0.1, -0.05) is 13.0 Å². The van der Waals surface area contributed by atoms with Crippen LogP contribution in [-0.2, 0) is 10.0 Å². The number of hydrogen-bond donors (Lipinski definition) is 2. The second kappa shape index (κ2) is 6.06. The van der Waals surface area contributed by atoms with Crippen LogP contribution < -0.4 is 14.2 Å². The van der Waals surface area contributed by atoms with Crippen LogP contribution in [0.3, 0.4) is 0 Å². The summed E-state index contributed by atoms with van der Waals surface area (Å²) < 4.78 is 39.1. The zero-order valence-corrected chi connectivity index (χ0v) is 13.3. The van der Waals surface area contributed by atoms with Crippen LogP contribution in [0.15, 0.2) is 23.1 Å². The lowest BCUT2D eigenvalue weighted by Crippen LogP contribution is -2.46. The molecule has 2 N–H and O–H groups in total. The maximum Gasteiger partial charge on any atom is 0.244 e. The number of aliphatic hydroxyl groups is 1. The first kappa shape index (κ1) is 15.6. The lowest BCUT2D eigenvalue weighted by Gasteiger charge is -2.37. The Bertz CT molecular complexity index is 639. The second-order valence-electron chi connectivity index (χ2n) is 5.80. The van der Waals surface area contributed by atoms with Crippen molar-refractivity contribution < 1.29 is 23.0 Å². The van der Waals surface area contributed by atoms with Gasteiger partial charge in [-0.2, -0.15) is 0 Å². The van der Waals surface area contributed by atoms with Crippen molar-refractivity contribution in [1.82, 2.24) is 4.72 Å². The molecular weight excluding hydrogens is 306 g/mol. The van der Waals surface area contributed by atoms with Gasteiger partial charge in [-0.05, 0) is 37.3 Å². The molecule has 0 aromatic heterocycles. The van der Waals surface area contributed by atoms with Crippen molar-refractivity contribution in [2.45, 2.75) is 43.2 Å². The average Bonchev–Trinajstić information content (AvgIpc) is 2.49. The van der Waals surface area contributed by atoms with Gasteiger partial charge in [-0.15, -0.1) is 0 Å². The van der Waals surface area contributed by atoms with E-state index >= 15 is 0 Å². The molecule has 1 aliphatic carbocycles. The third-order valence-electron chi connectivity index (χ3n) is 4.28. The Morgan fingerprint density at radius 3 is 2.73 bits per heavy atom. The Morgan fingerprint density at radius 1 is 1.32 bits per heavy atom. The number of ether oxygens (including phenoxy) is 2. The molecule has 0 spiro atoms. The summed E-state index contributed by atoms with van der Waals surface area (Å²) >= 11 is 0. The molecule has 0 saturated heterocycles. The summed E-state index contributed by atoms with van der Waals surface area (Å²) in [5.74, 6) is 0.928. The minimum Gasteiger partial charge on any atom is -0.486 e. The van der Waals surface area contributed by atoms with Crippen LogP contribution in [0.1, 0.15) is 26.2 Å². The molecule has 1 saturated carbocycles. The average molecular weight is 327 g/mol. The van der Waals surface area contributed by atoms with E-state index in [1.807, 2.05) is 6.92 Å². The molecule has 0 unspecified atom stereocenters. The molecule has 1 fully saturated rings. The van der Waals surface area contributed by atoms with Crippen LogP contribution >= 0.6 is 0 Å². The minimum atomic E-state index is -3.69. The van der Waals surface area contributed by atoms with E-state index in [9.17, 15) is 13.5 Å².